The van der Waals surface area contributed by atoms with Crippen molar-refractivity contribution in [1.29, 1.82) is 5.26 Å². The van der Waals surface area contributed by atoms with E-state index in [1.807, 2.05) is 18.2 Å². The summed E-state index contributed by atoms with van der Waals surface area (Å²) in [5.41, 5.74) is 1.82. The predicted molar refractivity (Wildman–Crippen MR) is 78.3 cm³/mol. The molecular formula is C15H22N4. The molecule has 19 heavy (non-hydrogen) atoms. The predicted octanol–water partition coefficient (Wildman–Crippen LogP) is 1.29. The lowest BCUT2D eigenvalue weighted by Gasteiger charge is -2.42. The largest absolute Gasteiger partial charge is 0.363 e. The van der Waals surface area contributed by atoms with Gasteiger partial charge in [-0.3, -0.25) is 0 Å². The quantitative estimate of drug-likeness (QED) is 0.887. The number of benzene rings is 1. The minimum Gasteiger partial charge on any atom is -0.363 e. The number of rotatable bonds is 3. The third kappa shape index (κ3) is 3.25. The Morgan fingerprint density at radius 2 is 2.16 bits per heavy atom. The Morgan fingerprint density at radius 3 is 2.84 bits per heavy atom. The molecule has 1 aromatic rings. The fourth-order valence-corrected chi connectivity index (χ4v) is 2.65. The highest BCUT2D eigenvalue weighted by Gasteiger charge is 2.27. The first-order chi connectivity index (χ1) is 9.11. The Kier molecular flexibility index (Phi) is 4.41. The maximum Gasteiger partial charge on any atom is 0.101 e. The van der Waals surface area contributed by atoms with Gasteiger partial charge in [0.25, 0.3) is 0 Å². The van der Waals surface area contributed by atoms with Crippen molar-refractivity contribution >= 4 is 5.69 Å². The van der Waals surface area contributed by atoms with Gasteiger partial charge in [0.2, 0.25) is 0 Å². The maximum absolute atomic E-state index is 9.28. The zero-order valence-electron chi connectivity index (χ0n) is 11.9. The summed E-state index contributed by atoms with van der Waals surface area (Å²) in [5, 5.41) is 12.8. The van der Waals surface area contributed by atoms with Gasteiger partial charge in [0.05, 0.1) is 17.3 Å². The number of nitriles is 1. The van der Waals surface area contributed by atoms with E-state index in [4.69, 9.17) is 0 Å². The fourth-order valence-electron chi connectivity index (χ4n) is 2.65. The highest BCUT2D eigenvalue weighted by molar-refractivity contribution is 5.60. The monoisotopic (exact) mass is 258 g/mol. The van der Waals surface area contributed by atoms with E-state index in [9.17, 15) is 5.26 Å². The third-order valence-corrected chi connectivity index (χ3v) is 3.52. The average molecular weight is 258 g/mol. The minimum atomic E-state index is 0.403. The van der Waals surface area contributed by atoms with E-state index in [2.05, 4.69) is 48.3 Å². The summed E-state index contributed by atoms with van der Waals surface area (Å²) >= 11 is 0. The summed E-state index contributed by atoms with van der Waals surface area (Å²) < 4.78 is 0. The average Bonchev–Trinajstić information content (AvgIpc) is 2.40. The number of nitrogens with one attached hydrogen (secondary N) is 1. The van der Waals surface area contributed by atoms with Gasteiger partial charge < -0.3 is 15.1 Å². The normalized spacial score (nSPS) is 23.4. The smallest absolute Gasteiger partial charge is 0.101 e. The van der Waals surface area contributed by atoms with E-state index in [-0.39, 0.29) is 0 Å². The molecule has 1 fully saturated rings. The number of para-hydroxylation sites is 1. The molecule has 1 aliphatic heterocycles. The van der Waals surface area contributed by atoms with E-state index in [1.54, 1.807) is 0 Å². The molecular weight excluding hydrogens is 236 g/mol. The molecule has 0 saturated carbocycles. The van der Waals surface area contributed by atoms with Crippen molar-refractivity contribution in [1.82, 2.24) is 10.2 Å². The molecule has 2 atom stereocenters. The van der Waals surface area contributed by atoms with Gasteiger partial charge in [-0.1, -0.05) is 12.1 Å². The molecule has 0 radical (unpaired) electrons. The van der Waals surface area contributed by atoms with Crippen LogP contribution in [0.25, 0.3) is 0 Å². The summed E-state index contributed by atoms with van der Waals surface area (Å²) in [6.45, 7) is 5.07. The van der Waals surface area contributed by atoms with Crippen molar-refractivity contribution in [2.24, 2.45) is 0 Å². The number of likely N-dealkylation sites (N-methyl/N-ethyl adjacent to an activating group) is 1. The van der Waals surface area contributed by atoms with Crippen LogP contribution in [0.5, 0.6) is 0 Å². The van der Waals surface area contributed by atoms with E-state index in [0.717, 1.165) is 30.9 Å². The number of hydrogen-bond acceptors (Lipinski definition) is 4. The molecule has 1 saturated heterocycles. The summed E-state index contributed by atoms with van der Waals surface area (Å²) in [4.78, 5) is 4.57. The van der Waals surface area contributed by atoms with Gasteiger partial charge in [0.15, 0.2) is 0 Å². The van der Waals surface area contributed by atoms with Crippen molar-refractivity contribution in [3.8, 4) is 6.07 Å². The Hall–Kier alpha value is -1.57. The zero-order chi connectivity index (χ0) is 13.8. The van der Waals surface area contributed by atoms with E-state index in [0.29, 0.717) is 12.1 Å². The van der Waals surface area contributed by atoms with E-state index < -0.39 is 0 Å². The topological polar surface area (TPSA) is 42.3 Å². The Bertz CT molecular complexity index is 463. The van der Waals surface area contributed by atoms with Crippen LogP contribution in [0.2, 0.25) is 0 Å². The molecule has 1 aromatic carbocycles. The van der Waals surface area contributed by atoms with Gasteiger partial charge in [-0.25, -0.2) is 0 Å². The maximum atomic E-state index is 9.28. The molecule has 0 amide bonds. The first-order valence-corrected chi connectivity index (χ1v) is 6.75. The zero-order valence-corrected chi connectivity index (χ0v) is 11.9. The van der Waals surface area contributed by atoms with Crippen molar-refractivity contribution in [3.63, 3.8) is 0 Å². The van der Waals surface area contributed by atoms with Crippen LogP contribution in [0.3, 0.4) is 0 Å². The molecule has 4 nitrogen and oxygen atoms in total. The first kappa shape index (κ1) is 13.9. The summed E-state index contributed by atoms with van der Waals surface area (Å²) in [5.74, 6) is 0. The highest BCUT2D eigenvalue weighted by atomic mass is 15.3. The molecule has 102 valence electrons. The van der Waals surface area contributed by atoms with Crippen LogP contribution in [0.4, 0.5) is 5.69 Å². The van der Waals surface area contributed by atoms with Crippen LogP contribution < -0.4 is 10.2 Å². The molecule has 0 aromatic heterocycles. The number of hydrogen-bond donors (Lipinski definition) is 1. The standard InChI is InChI=1S/C15H22N4/c1-12-10-19(14(9-17-12)11-18(2)3)15-7-5-4-6-13(15)8-16/h4-7,12,14,17H,9-11H2,1-3H3. The van der Waals surface area contributed by atoms with Crippen LogP contribution in [0.1, 0.15) is 12.5 Å². The Balaban J connectivity index is 2.29. The molecule has 1 aliphatic rings. The van der Waals surface area contributed by atoms with Gasteiger partial charge in [0.1, 0.15) is 6.07 Å². The number of piperazine rings is 1. The highest BCUT2D eigenvalue weighted by Crippen LogP contribution is 2.24. The van der Waals surface area contributed by atoms with E-state index >= 15 is 0 Å². The van der Waals surface area contributed by atoms with Crippen LogP contribution in [0, 0.1) is 11.3 Å². The Morgan fingerprint density at radius 1 is 1.42 bits per heavy atom. The lowest BCUT2D eigenvalue weighted by molar-refractivity contribution is 0.316. The molecule has 0 aliphatic carbocycles. The van der Waals surface area contributed by atoms with Gasteiger partial charge in [-0.2, -0.15) is 5.26 Å². The molecule has 0 spiro atoms. The second-order valence-electron chi connectivity index (χ2n) is 5.51. The van der Waals surface area contributed by atoms with Crippen LogP contribution in [-0.2, 0) is 0 Å². The molecule has 2 unspecified atom stereocenters. The van der Waals surface area contributed by atoms with Crippen LogP contribution in [0.15, 0.2) is 24.3 Å². The minimum absolute atomic E-state index is 0.403. The molecule has 2 rings (SSSR count). The second kappa shape index (κ2) is 6.05. The lowest BCUT2D eigenvalue weighted by Crippen LogP contribution is -2.58. The lowest BCUT2D eigenvalue weighted by atomic mass is 10.1. The van der Waals surface area contributed by atoms with Crippen molar-refractivity contribution < 1.29 is 0 Å². The third-order valence-electron chi connectivity index (χ3n) is 3.52. The van der Waals surface area contributed by atoms with Crippen molar-refractivity contribution in [2.45, 2.75) is 19.0 Å². The Labute approximate surface area is 115 Å². The van der Waals surface area contributed by atoms with Gasteiger partial charge in [-0.05, 0) is 33.2 Å². The number of anilines is 1. The first-order valence-electron chi connectivity index (χ1n) is 6.75. The van der Waals surface area contributed by atoms with Gasteiger partial charge in [-0.15, -0.1) is 0 Å². The molecule has 1 N–H and O–H groups in total. The van der Waals surface area contributed by atoms with Crippen LogP contribution in [-0.4, -0.2) is 50.7 Å². The summed E-state index contributed by atoms with van der Waals surface area (Å²) in [7, 11) is 4.18. The summed E-state index contributed by atoms with van der Waals surface area (Å²) in [6.07, 6.45) is 0. The van der Waals surface area contributed by atoms with Gasteiger partial charge in [0, 0.05) is 25.7 Å². The molecule has 4 heteroatoms. The molecule has 1 heterocycles. The second-order valence-corrected chi connectivity index (χ2v) is 5.51. The SMILES string of the molecule is CC1CN(c2ccccc2C#N)C(CN(C)C)CN1. The van der Waals surface area contributed by atoms with Crippen molar-refractivity contribution in [2.75, 3.05) is 38.6 Å². The van der Waals surface area contributed by atoms with Crippen LogP contribution >= 0.6 is 0 Å². The number of nitrogens with zero attached hydrogens (tertiary/aromatic N) is 3. The fraction of sp³-hybridized carbons (Fsp3) is 0.533. The van der Waals surface area contributed by atoms with Gasteiger partial charge >= 0.3 is 0 Å². The van der Waals surface area contributed by atoms with Crippen molar-refractivity contribution in [3.05, 3.63) is 29.8 Å². The van der Waals surface area contributed by atoms with E-state index in [1.165, 1.54) is 0 Å². The summed E-state index contributed by atoms with van der Waals surface area (Å²) in [6, 6.07) is 11.0. The molecule has 0 bridgehead atoms.